The first-order chi connectivity index (χ1) is 11.6. The minimum Gasteiger partial charge on any atom is -0.491 e. The number of hydrogen-bond donors (Lipinski definition) is 2. The lowest BCUT2D eigenvalue weighted by atomic mass is 10.1. The fourth-order valence-corrected chi connectivity index (χ4v) is 2.95. The molecule has 2 unspecified atom stereocenters. The standard InChI is InChI=1S/C17H22N2O5/c20-16(21)12-7-8-19(10-12)17(22)18-13-3-5-14(6-4-13)24-11-15-2-1-9-23-15/h3-6,12,15H,1-2,7-11H2,(H,18,22)(H,20,21). The number of urea groups is 1. The van der Waals surface area contributed by atoms with E-state index in [-0.39, 0.29) is 18.7 Å². The fourth-order valence-electron chi connectivity index (χ4n) is 2.95. The van der Waals surface area contributed by atoms with Crippen LogP contribution in [0, 0.1) is 5.92 Å². The number of nitrogens with one attached hydrogen (secondary N) is 1. The normalized spacial score (nSPS) is 23.2. The number of carbonyl (C=O) groups is 2. The summed E-state index contributed by atoms with van der Waals surface area (Å²) < 4.78 is 11.2. The van der Waals surface area contributed by atoms with Gasteiger partial charge in [-0.2, -0.15) is 0 Å². The van der Waals surface area contributed by atoms with Gasteiger partial charge in [0.15, 0.2) is 0 Å². The summed E-state index contributed by atoms with van der Waals surface area (Å²) in [6, 6.07) is 6.87. The number of anilines is 1. The first-order valence-corrected chi connectivity index (χ1v) is 8.25. The summed E-state index contributed by atoms with van der Waals surface area (Å²) >= 11 is 0. The van der Waals surface area contributed by atoms with Gasteiger partial charge < -0.3 is 24.8 Å². The van der Waals surface area contributed by atoms with Gasteiger partial charge in [-0.3, -0.25) is 4.79 Å². The van der Waals surface area contributed by atoms with E-state index < -0.39 is 11.9 Å². The Labute approximate surface area is 140 Å². The molecule has 24 heavy (non-hydrogen) atoms. The van der Waals surface area contributed by atoms with Crippen LogP contribution in [0.5, 0.6) is 5.75 Å². The van der Waals surface area contributed by atoms with Crippen LogP contribution in [0.2, 0.25) is 0 Å². The van der Waals surface area contributed by atoms with E-state index in [4.69, 9.17) is 14.6 Å². The average Bonchev–Trinajstić information content (AvgIpc) is 3.26. The van der Waals surface area contributed by atoms with Gasteiger partial charge in [0, 0.05) is 25.4 Å². The zero-order chi connectivity index (χ0) is 16.9. The smallest absolute Gasteiger partial charge is 0.321 e. The average molecular weight is 334 g/mol. The molecule has 0 aromatic heterocycles. The number of rotatable bonds is 5. The van der Waals surface area contributed by atoms with Gasteiger partial charge in [0.1, 0.15) is 12.4 Å². The van der Waals surface area contributed by atoms with Crippen molar-refractivity contribution in [2.45, 2.75) is 25.4 Å². The van der Waals surface area contributed by atoms with Crippen molar-refractivity contribution in [2.24, 2.45) is 5.92 Å². The van der Waals surface area contributed by atoms with Crippen molar-refractivity contribution in [3.8, 4) is 5.75 Å². The van der Waals surface area contributed by atoms with E-state index in [9.17, 15) is 9.59 Å². The second-order valence-corrected chi connectivity index (χ2v) is 6.17. The van der Waals surface area contributed by atoms with E-state index in [0.717, 1.165) is 25.2 Å². The molecule has 0 aliphatic carbocycles. The summed E-state index contributed by atoms with van der Waals surface area (Å²) in [7, 11) is 0. The third-order valence-electron chi connectivity index (χ3n) is 4.39. The highest BCUT2D eigenvalue weighted by Gasteiger charge is 2.30. The summed E-state index contributed by atoms with van der Waals surface area (Å²) in [5.41, 5.74) is 0.656. The van der Waals surface area contributed by atoms with Crippen LogP contribution in [-0.4, -0.2) is 54.4 Å². The molecule has 2 aliphatic rings. The monoisotopic (exact) mass is 334 g/mol. The van der Waals surface area contributed by atoms with Crippen molar-refractivity contribution < 1.29 is 24.2 Å². The van der Waals surface area contributed by atoms with E-state index in [0.29, 0.717) is 25.3 Å². The summed E-state index contributed by atoms with van der Waals surface area (Å²) in [5, 5.41) is 11.8. The minimum absolute atomic E-state index is 0.168. The van der Waals surface area contributed by atoms with Crippen LogP contribution in [0.3, 0.4) is 0 Å². The maximum atomic E-state index is 12.1. The lowest BCUT2D eigenvalue weighted by Gasteiger charge is -2.17. The number of carboxylic acid groups (broad SMARTS) is 1. The Morgan fingerprint density at radius 1 is 1.29 bits per heavy atom. The molecule has 2 saturated heterocycles. The molecule has 1 aromatic carbocycles. The molecule has 0 bridgehead atoms. The summed E-state index contributed by atoms with van der Waals surface area (Å²) in [6.45, 7) is 2.06. The SMILES string of the molecule is O=C(O)C1CCN(C(=O)Nc2ccc(OCC3CCCO3)cc2)C1. The summed E-state index contributed by atoms with van der Waals surface area (Å²) in [4.78, 5) is 24.6. The molecule has 1 aromatic rings. The molecule has 2 heterocycles. The third-order valence-corrected chi connectivity index (χ3v) is 4.39. The number of likely N-dealkylation sites (tertiary alicyclic amines) is 1. The van der Waals surface area contributed by atoms with Crippen LogP contribution >= 0.6 is 0 Å². The maximum Gasteiger partial charge on any atom is 0.321 e. The first-order valence-electron chi connectivity index (χ1n) is 8.25. The molecular formula is C17H22N2O5. The Balaban J connectivity index is 1.47. The van der Waals surface area contributed by atoms with Crippen LogP contribution < -0.4 is 10.1 Å². The van der Waals surface area contributed by atoms with Crippen molar-refractivity contribution in [3.05, 3.63) is 24.3 Å². The molecule has 0 saturated carbocycles. The number of carboxylic acids is 1. The summed E-state index contributed by atoms with van der Waals surface area (Å²) in [6.07, 6.45) is 2.78. The Hall–Kier alpha value is -2.28. The third kappa shape index (κ3) is 4.17. The van der Waals surface area contributed by atoms with E-state index in [1.54, 1.807) is 24.3 Å². The number of hydrogen-bond acceptors (Lipinski definition) is 4. The molecule has 7 nitrogen and oxygen atoms in total. The van der Waals surface area contributed by atoms with Gasteiger partial charge in [-0.25, -0.2) is 4.79 Å². The van der Waals surface area contributed by atoms with Crippen LogP contribution in [-0.2, 0) is 9.53 Å². The Morgan fingerprint density at radius 3 is 2.71 bits per heavy atom. The molecule has 7 heteroatoms. The van der Waals surface area contributed by atoms with Crippen LogP contribution in [0.4, 0.5) is 10.5 Å². The van der Waals surface area contributed by atoms with Crippen LogP contribution in [0.25, 0.3) is 0 Å². The number of ether oxygens (including phenoxy) is 2. The molecule has 2 amide bonds. The van der Waals surface area contributed by atoms with Crippen molar-refractivity contribution >= 4 is 17.7 Å². The van der Waals surface area contributed by atoms with Crippen LogP contribution in [0.15, 0.2) is 24.3 Å². The Bertz CT molecular complexity index is 583. The molecule has 0 radical (unpaired) electrons. The van der Waals surface area contributed by atoms with Crippen molar-refractivity contribution in [1.29, 1.82) is 0 Å². The lowest BCUT2D eigenvalue weighted by molar-refractivity contribution is -0.141. The molecule has 130 valence electrons. The van der Waals surface area contributed by atoms with E-state index in [1.807, 2.05) is 0 Å². The Morgan fingerprint density at radius 2 is 2.08 bits per heavy atom. The van der Waals surface area contributed by atoms with E-state index in [2.05, 4.69) is 5.32 Å². The van der Waals surface area contributed by atoms with Gasteiger partial charge >= 0.3 is 12.0 Å². The quantitative estimate of drug-likeness (QED) is 0.862. The fraction of sp³-hybridized carbons (Fsp3) is 0.529. The van der Waals surface area contributed by atoms with Gasteiger partial charge in [-0.15, -0.1) is 0 Å². The highest BCUT2D eigenvalue weighted by Crippen LogP contribution is 2.20. The van der Waals surface area contributed by atoms with Crippen molar-refractivity contribution in [3.63, 3.8) is 0 Å². The van der Waals surface area contributed by atoms with Gasteiger partial charge in [0.2, 0.25) is 0 Å². The minimum atomic E-state index is -0.849. The highest BCUT2D eigenvalue weighted by molar-refractivity contribution is 5.90. The molecule has 2 atom stereocenters. The maximum absolute atomic E-state index is 12.1. The number of nitrogens with zero attached hydrogens (tertiary/aromatic N) is 1. The second-order valence-electron chi connectivity index (χ2n) is 6.17. The van der Waals surface area contributed by atoms with Gasteiger partial charge in [0.05, 0.1) is 12.0 Å². The van der Waals surface area contributed by atoms with E-state index in [1.165, 1.54) is 4.90 Å². The molecular weight excluding hydrogens is 312 g/mol. The van der Waals surface area contributed by atoms with Gasteiger partial charge in [-0.05, 0) is 43.5 Å². The second kappa shape index (κ2) is 7.53. The van der Waals surface area contributed by atoms with Crippen molar-refractivity contribution in [1.82, 2.24) is 4.90 Å². The Kier molecular flexibility index (Phi) is 5.20. The zero-order valence-corrected chi connectivity index (χ0v) is 13.4. The van der Waals surface area contributed by atoms with Crippen LogP contribution in [0.1, 0.15) is 19.3 Å². The van der Waals surface area contributed by atoms with Crippen molar-refractivity contribution in [2.75, 3.05) is 31.6 Å². The molecule has 2 fully saturated rings. The zero-order valence-electron chi connectivity index (χ0n) is 13.4. The van der Waals surface area contributed by atoms with Gasteiger partial charge in [-0.1, -0.05) is 0 Å². The molecule has 0 spiro atoms. The number of carbonyl (C=O) groups excluding carboxylic acids is 1. The predicted octanol–water partition coefficient (Wildman–Crippen LogP) is 2.18. The summed E-state index contributed by atoms with van der Waals surface area (Å²) in [5.74, 6) is -0.585. The largest absolute Gasteiger partial charge is 0.491 e. The van der Waals surface area contributed by atoms with Gasteiger partial charge in [0.25, 0.3) is 0 Å². The predicted molar refractivity (Wildman–Crippen MR) is 87.2 cm³/mol. The number of amides is 2. The molecule has 2 aliphatic heterocycles. The highest BCUT2D eigenvalue weighted by atomic mass is 16.5. The number of benzene rings is 1. The topological polar surface area (TPSA) is 88.1 Å². The molecule has 2 N–H and O–H groups in total. The lowest BCUT2D eigenvalue weighted by Crippen LogP contribution is -2.33. The first kappa shape index (κ1) is 16.6. The molecule has 3 rings (SSSR count). The number of aliphatic carboxylic acids is 1. The van der Waals surface area contributed by atoms with E-state index >= 15 is 0 Å².